The summed E-state index contributed by atoms with van der Waals surface area (Å²) >= 11 is 1.37. The van der Waals surface area contributed by atoms with Gasteiger partial charge in [-0.05, 0) is 48.7 Å². The number of aromatic amines is 1. The lowest BCUT2D eigenvalue weighted by Gasteiger charge is -2.24. The van der Waals surface area contributed by atoms with Crippen LogP contribution in [0.3, 0.4) is 0 Å². The number of phenols is 1. The largest absolute Gasteiger partial charge is 0.507 e. The Kier molecular flexibility index (Phi) is 6.09. The first kappa shape index (κ1) is 21.1. The third kappa shape index (κ3) is 5.04. The number of phenolic OH excluding ortho intramolecular Hbond substituents is 1. The summed E-state index contributed by atoms with van der Waals surface area (Å²) in [6.45, 7) is 7.05. The Morgan fingerprint density at radius 3 is 2.69 bits per heavy atom. The number of aromatic nitrogens is 4. The lowest BCUT2D eigenvalue weighted by Crippen LogP contribution is -2.28. The first-order valence-corrected chi connectivity index (χ1v) is 10.1. The number of hydrogen-bond donors (Lipinski definition) is 2. The van der Waals surface area contributed by atoms with Crippen molar-refractivity contribution in [1.82, 2.24) is 30.4 Å². The van der Waals surface area contributed by atoms with E-state index in [2.05, 4.69) is 41.4 Å². The fraction of sp³-hybridized carbons (Fsp3) is 0.400. The van der Waals surface area contributed by atoms with Gasteiger partial charge in [0.15, 0.2) is 5.82 Å². The smallest absolute Gasteiger partial charge is 0.265 e. The first-order chi connectivity index (χ1) is 13.6. The van der Waals surface area contributed by atoms with Gasteiger partial charge in [0.1, 0.15) is 5.75 Å². The second-order valence-corrected chi connectivity index (χ2v) is 9.18. The van der Waals surface area contributed by atoms with E-state index >= 15 is 0 Å². The van der Waals surface area contributed by atoms with Crippen LogP contribution >= 0.6 is 11.8 Å². The minimum absolute atomic E-state index is 0.123. The van der Waals surface area contributed by atoms with Crippen LogP contribution in [0.1, 0.15) is 43.3 Å². The summed E-state index contributed by atoms with van der Waals surface area (Å²) in [5, 5.41) is 26.4. The molecule has 0 radical (unpaired) electrons. The van der Waals surface area contributed by atoms with Crippen molar-refractivity contribution in [3.05, 3.63) is 51.2 Å². The maximum absolute atomic E-state index is 12.9. The average molecular weight is 415 g/mol. The maximum Gasteiger partial charge on any atom is 0.265 e. The van der Waals surface area contributed by atoms with Gasteiger partial charge in [0.05, 0.1) is 11.4 Å². The Labute approximate surface area is 174 Å². The normalized spacial score (nSPS) is 16.3. The lowest BCUT2D eigenvalue weighted by molar-refractivity contribution is -0.124. The van der Waals surface area contributed by atoms with Crippen molar-refractivity contribution in [2.24, 2.45) is 0 Å². The number of tetrazole rings is 1. The maximum atomic E-state index is 12.9. The summed E-state index contributed by atoms with van der Waals surface area (Å²) in [5.41, 5.74) is 2.35. The highest BCUT2D eigenvalue weighted by molar-refractivity contribution is 8.06. The van der Waals surface area contributed by atoms with Crippen LogP contribution in [-0.4, -0.2) is 55.5 Å². The van der Waals surface area contributed by atoms with E-state index in [1.165, 1.54) is 11.8 Å². The number of H-pyrrole nitrogens is 1. The van der Waals surface area contributed by atoms with E-state index in [-0.39, 0.29) is 17.9 Å². The molecule has 0 saturated carbocycles. The first-order valence-electron chi connectivity index (χ1n) is 9.24. The third-order valence-electron chi connectivity index (χ3n) is 4.41. The molecule has 8 nitrogen and oxygen atoms in total. The fourth-order valence-corrected chi connectivity index (χ4v) is 3.82. The third-order valence-corrected chi connectivity index (χ3v) is 5.22. The highest BCUT2D eigenvalue weighted by Gasteiger charge is 2.24. The van der Waals surface area contributed by atoms with Gasteiger partial charge in [-0.3, -0.25) is 4.79 Å². The Balaban J connectivity index is 1.96. The molecule has 1 aromatic heterocycles. The van der Waals surface area contributed by atoms with Crippen molar-refractivity contribution < 1.29 is 9.90 Å². The average Bonchev–Trinajstić information content (AvgIpc) is 3.12. The highest BCUT2D eigenvalue weighted by Crippen LogP contribution is 2.36. The molecule has 2 N–H and O–H groups in total. The zero-order valence-electron chi connectivity index (χ0n) is 17.3. The van der Waals surface area contributed by atoms with E-state index in [0.717, 1.165) is 16.7 Å². The number of nitrogens with one attached hydrogen (secondary N) is 1. The van der Waals surface area contributed by atoms with E-state index in [9.17, 15) is 9.90 Å². The zero-order valence-corrected chi connectivity index (χ0v) is 18.1. The van der Waals surface area contributed by atoms with Gasteiger partial charge in [-0.25, -0.2) is 0 Å². The van der Waals surface area contributed by atoms with Gasteiger partial charge in [-0.1, -0.05) is 37.7 Å². The van der Waals surface area contributed by atoms with Crippen LogP contribution in [-0.2, 0) is 23.3 Å². The number of carbonyl (C=O) groups is 1. The molecule has 9 heteroatoms. The Hall–Kier alpha value is -2.65. The van der Waals surface area contributed by atoms with Gasteiger partial charge in [0, 0.05) is 23.9 Å². The summed E-state index contributed by atoms with van der Waals surface area (Å²) in [4.78, 5) is 17.1. The quantitative estimate of drug-likeness (QED) is 0.726. The summed E-state index contributed by atoms with van der Waals surface area (Å²) in [6.07, 6.45) is 3.59. The fourth-order valence-electron chi connectivity index (χ4n) is 3.05. The van der Waals surface area contributed by atoms with Gasteiger partial charge >= 0.3 is 0 Å². The molecular weight excluding hydrogens is 388 g/mol. The SMILES string of the molecule is CN(C)Cc1cc(C=C2SC=CN(Cc3nn[nH]n3)C2=O)cc(C(C)(C)C)c1O. The molecule has 0 atom stereocenters. The molecule has 0 saturated heterocycles. The summed E-state index contributed by atoms with van der Waals surface area (Å²) in [7, 11) is 3.92. The molecule has 2 heterocycles. The number of nitrogens with zero attached hydrogens (tertiary/aromatic N) is 5. The predicted molar refractivity (Wildman–Crippen MR) is 114 cm³/mol. The standard InChI is InChI=1S/C20H26N6O2S/c1-20(2,3)15-9-13(8-14(18(15)27)11-25(4)5)10-16-19(28)26(6-7-29-16)12-17-21-23-24-22-17/h6-10,27H,11-12H2,1-5H3,(H,21,22,23,24). The molecule has 0 fully saturated rings. The van der Waals surface area contributed by atoms with Crippen molar-refractivity contribution in [1.29, 1.82) is 0 Å². The van der Waals surface area contributed by atoms with Crippen LogP contribution in [0.15, 0.2) is 28.6 Å². The molecule has 0 bridgehead atoms. The molecule has 29 heavy (non-hydrogen) atoms. The summed E-state index contributed by atoms with van der Waals surface area (Å²) in [5.74, 6) is 0.638. The number of aromatic hydroxyl groups is 1. The second-order valence-electron chi connectivity index (χ2n) is 8.24. The topological polar surface area (TPSA) is 98.2 Å². The molecule has 1 aromatic carbocycles. The number of benzene rings is 1. The molecule has 1 aliphatic heterocycles. The van der Waals surface area contributed by atoms with E-state index in [4.69, 9.17) is 0 Å². The Bertz CT molecular complexity index is 945. The van der Waals surface area contributed by atoms with Crippen LogP contribution in [0.4, 0.5) is 0 Å². The van der Waals surface area contributed by atoms with E-state index in [1.54, 1.807) is 11.1 Å². The van der Waals surface area contributed by atoms with Crippen LogP contribution in [0, 0.1) is 0 Å². The van der Waals surface area contributed by atoms with Crippen LogP contribution in [0.5, 0.6) is 5.75 Å². The monoisotopic (exact) mass is 414 g/mol. The van der Waals surface area contributed by atoms with Crippen molar-refractivity contribution in [3.8, 4) is 5.75 Å². The molecule has 1 aliphatic rings. The zero-order chi connectivity index (χ0) is 21.2. The molecule has 0 aliphatic carbocycles. The summed E-state index contributed by atoms with van der Waals surface area (Å²) < 4.78 is 0. The number of rotatable bonds is 5. The molecule has 0 unspecified atom stereocenters. The van der Waals surface area contributed by atoms with Crippen molar-refractivity contribution in [2.75, 3.05) is 14.1 Å². The second kappa shape index (κ2) is 8.38. The van der Waals surface area contributed by atoms with E-state index < -0.39 is 0 Å². The van der Waals surface area contributed by atoms with Gasteiger partial charge in [-0.15, -0.1) is 10.2 Å². The highest BCUT2D eigenvalue weighted by atomic mass is 32.2. The van der Waals surface area contributed by atoms with Crippen molar-refractivity contribution >= 4 is 23.7 Å². The number of amides is 1. The molecule has 0 spiro atoms. The summed E-state index contributed by atoms with van der Waals surface area (Å²) in [6, 6.07) is 3.89. The van der Waals surface area contributed by atoms with E-state index in [0.29, 0.717) is 23.0 Å². The molecule has 3 rings (SSSR count). The molecule has 2 aromatic rings. The van der Waals surface area contributed by atoms with Gasteiger partial charge in [0.25, 0.3) is 5.91 Å². The minimum Gasteiger partial charge on any atom is -0.507 e. The number of hydrogen-bond acceptors (Lipinski definition) is 7. The Morgan fingerprint density at radius 2 is 2.07 bits per heavy atom. The van der Waals surface area contributed by atoms with E-state index in [1.807, 2.05) is 42.6 Å². The van der Waals surface area contributed by atoms with Crippen LogP contribution < -0.4 is 0 Å². The van der Waals surface area contributed by atoms with Gasteiger partial charge in [-0.2, -0.15) is 5.21 Å². The lowest BCUT2D eigenvalue weighted by atomic mass is 9.84. The minimum atomic E-state index is -0.228. The molecule has 1 amide bonds. The van der Waals surface area contributed by atoms with Gasteiger partial charge < -0.3 is 14.9 Å². The molecule has 154 valence electrons. The molecular formula is C20H26N6O2S. The van der Waals surface area contributed by atoms with Crippen molar-refractivity contribution in [2.45, 2.75) is 39.3 Å². The van der Waals surface area contributed by atoms with Crippen LogP contribution in [0.2, 0.25) is 0 Å². The number of carbonyl (C=O) groups excluding carboxylic acids is 1. The predicted octanol–water partition coefficient (Wildman–Crippen LogP) is 2.85. The van der Waals surface area contributed by atoms with Crippen molar-refractivity contribution in [3.63, 3.8) is 0 Å². The number of thioether (sulfide) groups is 1. The van der Waals surface area contributed by atoms with Gasteiger partial charge in [0.2, 0.25) is 0 Å². The Morgan fingerprint density at radius 1 is 1.31 bits per heavy atom. The van der Waals surface area contributed by atoms with Crippen LogP contribution in [0.25, 0.3) is 6.08 Å².